The van der Waals surface area contributed by atoms with E-state index in [-0.39, 0.29) is 11.7 Å². The number of nitrogens with one attached hydrogen (secondary N) is 1. The summed E-state index contributed by atoms with van der Waals surface area (Å²) in [7, 11) is 0. The Morgan fingerprint density at radius 3 is 2.78 bits per heavy atom. The molecule has 0 amide bonds. The minimum atomic E-state index is -0.107. The van der Waals surface area contributed by atoms with Crippen LogP contribution in [0.1, 0.15) is 37.7 Å². The first-order chi connectivity index (χ1) is 8.81. The predicted molar refractivity (Wildman–Crippen MR) is 69.8 cm³/mol. The second kappa shape index (κ2) is 5.14. The first-order valence-corrected chi connectivity index (χ1v) is 6.92. The third-order valence-electron chi connectivity index (χ3n) is 3.60. The number of nitrogens with zero attached hydrogens (tertiary/aromatic N) is 1. The van der Waals surface area contributed by atoms with Crippen LogP contribution in [0, 0.1) is 0 Å². The Hall–Kier alpha value is -1.29. The van der Waals surface area contributed by atoms with Crippen LogP contribution in [0.15, 0.2) is 17.1 Å². The number of ether oxygens (including phenoxy) is 1. The van der Waals surface area contributed by atoms with Crippen LogP contribution < -0.4 is 10.3 Å². The molecular formula is C14H20N2O2. The van der Waals surface area contributed by atoms with Gasteiger partial charge in [0.15, 0.2) is 5.75 Å². The third-order valence-corrected chi connectivity index (χ3v) is 3.60. The number of likely N-dealkylation sites (tertiary alicyclic amines) is 1. The first kappa shape index (κ1) is 11.8. The van der Waals surface area contributed by atoms with Gasteiger partial charge in [0.2, 0.25) is 0 Å². The zero-order valence-corrected chi connectivity index (χ0v) is 10.7. The van der Waals surface area contributed by atoms with Crippen molar-refractivity contribution in [1.82, 2.24) is 9.88 Å². The molecular weight excluding hydrogens is 228 g/mol. The number of hydrogen-bond donors (Lipinski definition) is 1. The molecule has 1 aromatic heterocycles. The average Bonchev–Trinajstić information content (AvgIpc) is 3.19. The lowest BCUT2D eigenvalue weighted by Gasteiger charge is -2.26. The molecule has 1 saturated heterocycles. The molecule has 0 aromatic carbocycles. The highest BCUT2D eigenvalue weighted by Gasteiger charge is 2.24. The van der Waals surface area contributed by atoms with Crippen molar-refractivity contribution in [3.63, 3.8) is 0 Å². The smallest absolute Gasteiger partial charge is 0.290 e. The van der Waals surface area contributed by atoms with Crippen LogP contribution in [0.4, 0.5) is 0 Å². The normalized spacial score (nSPS) is 20.9. The lowest BCUT2D eigenvalue weighted by Crippen LogP contribution is -2.29. The van der Waals surface area contributed by atoms with Gasteiger partial charge in [-0.25, -0.2) is 0 Å². The van der Waals surface area contributed by atoms with Crippen LogP contribution >= 0.6 is 0 Å². The summed E-state index contributed by atoms with van der Waals surface area (Å²) in [5.74, 6) is 0.493. The summed E-state index contributed by atoms with van der Waals surface area (Å²) in [6.45, 7) is 3.24. The monoisotopic (exact) mass is 248 g/mol. The van der Waals surface area contributed by atoms with Crippen LogP contribution in [0.2, 0.25) is 0 Å². The van der Waals surface area contributed by atoms with Crippen LogP contribution in [0.3, 0.4) is 0 Å². The minimum Gasteiger partial charge on any atom is -0.485 e. The van der Waals surface area contributed by atoms with Crippen molar-refractivity contribution in [3.8, 4) is 5.75 Å². The van der Waals surface area contributed by atoms with Crippen molar-refractivity contribution in [2.75, 3.05) is 13.1 Å². The van der Waals surface area contributed by atoms with Gasteiger partial charge in [-0.15, -0.1) is 0 Å². The van der Waals surface area contributed by atoms with Crippen molar-refractivity contribution in [2.45, 2.75) is 44.8 Å². The lowest BCUT2D eigenvalue weighted by molar-refractivity contribution is 0.220. The van der Waals surface area contributed by atoms with Crippen LogP contribution in [0.25, 0.3) is 0 Å². The van der Waals surface area contributed by atoms with E-state index in [1.807, 2.05) is 12.3 Å². The van der Waals surface area contributed by atoms with Crippen molar-refractivity contribution < 1.29 is 4.74 Å². The van der Waals surface area contributed by atoms with E-state index in [1.54, 1.807) is 0 Å². The molecule has 2 fully saturated rings. The molecule has 0 radical (unpaired) electrons. The number of aromatic amines is 1. The van der Waals surface area contributed by atoms with E-state index in [9.17, 15) is 4.79 Å². The van der Waals surface area contributed by atoms with Crippen molar-refractivity contribution in [2.24, 2.45) is 0 Å². The SMILES string of the molecule is O=c1[nH]cc(CN2CCCCC2)cc1OC1CC1. The fraction of sp³-hybridized carbons (Fsp3) is 0.643. The summed E-state index contributed by atoms with van der Waals surface area (Å²) in [5.41, 5.74) is 1.04. The van der Waals surface area contributed by atoms with Crippen molar-refractivity contribution in [3.05, 3.63) is 28.2 Å². The molecule has 2 aliphatic rings. The molecule has 1 N–H and O–H groups in total. The van der Waals surface area contributed by atoms with Gasteiger partial charge in [-0.05, 0) is 50.4 Å². The van der Waals surface area contributed by atoms with Gasteiger partial charge in [0.25, 0.3) is 5.56 Å². The molecule has 3 rings (SSSR count). The Morgan fingerprint density at radius 1 is 1.28 bits per heavy atom. The fourth-order valence-corrected chi connectivity index (χ4v) is 2.42. The van der Waals surface area contributed by atoms with Crippen molar-refractivity contribution >= 4 is 0 Å². The van der Waals surface area contributed by atoms with E-state index in [0.29, 0.717) is 5.75 Å². The number of aromatic nitrogens is 1. The highest BCUT2D eigenvalue weighted by Crippen LogP contribution is 2.25. The summed E-state index contributed by atoms with van der Waals surface area (Å²) < 4.78 is 5.62. The maximum Gasteiger partial charge on any atom is 0.290 e. The Balaban J connectivity index is 1.68. The van der Waals surface area contributed by atoms with Gasteiger partial charge in [0, 0.05) is 12.7 Å². The molecule has 0 bridgehead atoms. The molecule has 18 heavy (non-hydrogen) atoms. The standard InChI is InChI=1S/C14H20N2O2/c17-14-13(18-12-4-5-12)8-11(9-15-14)10-16-6-2-1-3-7-16/h8-9,12H,1-7,10H2,(H,15,17). The summed E-state index contributed by atoms with van der Waals surface area (Å²) in [6, 6.07) is 1.91. The van der Waals surface area contributed by atoms with Crippen LogP contribution in [-0.2, 0) is 6.54 Å². The molecule has 1 aromatic rings. The van der Waals surface area contributed by atoms with E-state index in [2.05, 4.69) is 9.88 Å². The zero-order chi connectivity index (χ0) is 12.4. The first-order valence-electron chi connectivity index (χ1n) is 6.92. The van der Waals surface area contributed by atoms with E-state index < -0.39 is 0 Å². The highest BCUT2D eigenvalue weighted by molar-refractivity contribution is 5.24. The number of H-pyrrole nitrogens is 1. The van der Waals surface area contributed by atoms with Gasteiger partial charge in [-0.2, -0.15) is 0 Å². The lowest BCUT2D eigenvalue weighted by atomic mass is 10.1. The van der Waals surface area contributed by atoms with Gasteiger partial charge in [-0.1, -0.05) is 6.42 Å². The Labute approximate surface area is 107 Å². The molecule has 4 heteroatoms. The molecule has 98 valence electrons. The Morgan fingerprint density at radius 2 is 2.06 bits per heavy atom. The maximum absolute atomic E-state index is 11.6. The quantitative estimate of drug-likeness (QED) is 0.885. The van der Waals surface area contributed by atoms with Gasteiger partial charge in [0.05, 0.1) is 6.10 Å². The van der Waals surface area contributed by atoms with E-state index >= 15 is 0 Å². The summed E-state index contributed by atoms with van der Waals surface area (Å²) in [4.78, 5) is 16.9. The molecule has 1 aliphatic heterocycles. The molecule has 0 atom stereocenters. The number of pyridine rings is 1. The summed E-state index contributed by atoms with van der Waals surface area (Å²) in [6.07, 6.45) is 8.17. The Bertz CT molecular complexity index is 459. The van der Waals surface area contributed by atoms with E-state index in [1.165, 1.54) is 19.3 Å². The molecule has 1 saturated carbocycles. The van der Waals surface area contributed by atoms with E-state index in [0.717, 1.165) is 38.0 Å². The molecule has 4 nitrogen and oxygen atoms in total. The van der Waals surface area contributed by atoms with Crippen molar-refractivity contribution in [1.29, 1.82) is 0 Å². The summed E-state index contributed by atoms with van der Waals surface area (Å²) >= 11 is 0. The van der Waals surface area contributed by atoms with Gasteiger partial charge in [0.1, 0.15) is 0 Å². The average molecular weight is 248 g/mol. The van der Waals surface area contributed by atoms with Gasteiger partial charge >= 0.3 is 0 Å². The number of piperidine rings is 1. The minimum absolute atomic E-state index is 0.107. The highest BCUT2D eigenvalue weighted by atomic mass is 16.5. The second-order valence-corrected chi connectivity index (χ2v) is 5.36. The predicted octanol–water partition coefficient (Wildman–Crippen LogP) is 1.90. The topological polar surface area (TPSA) is 45.3 Å². The fourth-order valence-electron chi connectivity index (χ4n) is 2.42. The zero-order valence-electron chi connectivity index (χ0n) is 10.7. The molecule has 0 spiro atoms. The number of hydrogen-bond acceptors (Lipinski definition) is 3. The van der Waals surface area contributed by atoms with Gasteiger partial charge < -0.3 is 9.72 Å². The largest absolute Gasteiger partial charge is 0.485 e. The van der Waals surface area contributed by atoms with Crippen LogP contribution in [-0.4, -0.2) is 29.1 Å². The maximum atomic E-state index is 11.6. The molecule has 0 unspecified atom stereocenters. The third kappa shape index (κ3) is 2.93. The Kier molecular flexibility index (Phi) is 3.37. The van der Waals surface area contributed by atoms with E-state index in [4.69, 9.17) is 4.74 Å². The van der Waals surface area contributed by atoms with Gasteiger partial charge in [-0.3, -0.25) is 9.69 Å². The molecule has 1 aliphatic carbocycles. The van der Waals surface area contributed by atoms with Crippen LogP contribution in [0.5, 0.6) is 5.75 Å². The number of rotatable bonds is 4. The second-order valence-electron chi connectivity index (χ2n) is 5.36. The summed E-state index contributed by atoms with van der Waals surface area (Å²) in [5, 5.41) is 0. The molecule has 2 heterocycles.